The van der Waals surface area contributed by atoms with Gasteiger partial charge >= 0.3 is 6.03 Å². The highest BCUT2D eigenvalue weighted by Crippen LogP contribution is 2.21. The lowest BCUT2D eigenvalue weighted by Gasteiger charge is -2.27. The van der Waals surface area contributed by atoms with Gasteiger partial charge in [-0.3, -0.25) is 0 Å². The molecule has 0 spiro atoms. The van der Waals surface area contributed by atoms with Crippen molar-refractivity contribution in [1.29, 1.82) is 0 Å². The molecule has 0 aliphatic rings. The van der Waals surface area contributed by atoms with Crippen molar-refractivity contribution in [3.63, 3.8) is 0 Å². The number of halogens is 1. The third kappa shape index (κ3) is 5.27. The Hall–Kier alpha value is -2.44. The summed E-state index contributed by atoms with van der Waals surface area (Å²) in [5, 5.41) is 6.30. The molecule has 0 saturated carbocycles. The number of benzene rings is 2. The number of amides is 2. The van der Waals surface area contributed by atoms with Gasteiger partial charge in [0.05, 0.1) is 10.7 Å². The molecule has 0 bridgehead atoms. The second-order valence-electron chi connectivity index (χ2n) is 5.96. The molecule has 2 amide bonds. The second kappa shape index (κ2) is 8.60. The van der Waals surface area contributed by atoms with Crippen LogP contribution in [-0.2, 0) is 0 Å². The SMILES string of the molecule is CCC(C#Cc1ccc(C)cc1)(CC)NC(=O)Nc1ccccc1Cl. The summed E-state index contributed by atoms with van der Waals surface area (Å²) in [5.74, 6) is 6.42. The first-order valence-electron chi connectivity index (χ1n) is 8.41. The van der Waals surface area contributed by atoms with Crippen LogP contribution in [0.25, 0.3) is 0 Å². The zero-order valence-corrected chi connectivity index (χ0v) is 15.6. The highest BCUT2D eigenvalue weighted by atomic mass is 35.5. The predicted octanol–water partition coefficient (Wildman–Crippen LogP) is 5.38. The average molecular weight is 355 g/mol. The second-order valence-corrected chi connectivity index (χ2v) is 6.37. The van der Waals surface area contributed by atoms with Crippen molar-refractivity contribution in [3.8, 4) is 11.8 Å². The van der Waals surface area contributed by atoms with Crippen LogP contribution in [-0.4, -0.2) is 11.6 Å². The van der Waals surface area contributed by atoms with Crippen molar-refractivity contribution >= 4 is 23.3 Å². The number of hydrogen-bond acceptors (Lipinski definition) is 1. The van der Waals surface area contributed by atoms with Crippen molar-refractivity contribution in [2.75, 3.05) is 5.32 Å². The Morgan fingerprint density at radius 1 is 1.08 bits per heavy atom. The summed E-state index contributed by atoms with van der Waals surface area (Å²) in [6.07, 6.45) is 1.41. The summed E-state index contributed by atoms with van der Waals surface area (Å²) >= 11 is 6.09. The van der Waals surface area contributed by atoms with Gasteiger partial charge in [0, 0.05) is 5.56 Å². The first-order valence-corrected chi connectivity index (χ1v) is 8.79. The molecule has 0 unspecified atom stereocenters. The van der Waals surface area contributed by atoms with E-state index in [0.29, 0.717) is 23.6 Å². The fraction of sp³-hybridized carbons (Fsp3) is 0.286. The molecule has 2 aromatic carbocycles. The van der Waals surface area contributed by atoms with Crippen molar-refractivity contribution in [2.24, 2.45) is 0 Å². The summed E-state index contributed by atoms with van der Waals surface area (Å²) in [4.78, 5) is 12.4. The molecule has 0 saturated heterocycles. The third-order valence-electron chi connectivity index (χ3n) is 4.18. The van der Waals surface area contributed by atoms with E-state index in [1.807, 2.05) is 57.2 Å². The molecule has 0 atom stereocenters. The molecule has 3 nitrogen and oxygen atoms in total. The summed E-state index contributed by atoms with van der Waals surface area (Å²) in [5.41, 5.74) is 2.12. The normalized spacial score (nSPS) is 10.6. The lowest BCUT2D eigenvalue weighted by molar-refractivity contribution is 0.242. The first kappa shape index (κ1) is 18.9. The number of anilines is 1. The van der Waals surface area contributed by atoms with E-state index in [-0.39, 0.29) is 6.03 Å². The van der Waals surface area contributed by atoms with Crippen LogP contribution in [0.2, 0.25) is 5.02 Å². The zero-order chi connectivity index (χ0) is 18.3. The number of rotatable bonds is 4. The van der Waals surface area contributed by atoms with Crippen LogP contribution in [0.3, 0.4) is 0 Å². The van der Waals surface area contributed by atoms with Crippen LogP contribution in [0.5, 0.6) is 0 Å². The van der Waals surface area contributed by atoms with E-state index in [1.54, 1.807) is 12.1 Å². The number of para-hydroxylation sites is 1. The van der Waals surface area contributed by atoms with Gasteiger partial charge in [0.1, 0.15) is 5.54 Å². The van der Waals surface area contributed by atoms with Crippen LogP contribution >= 0.6 is 11.6 Å². The van der Waals surface area contributed by atoms with Crippen LogP contribution in [0.1, 0.15) is 37.8 Å². The van der Waals surface area contributed by atoms with E-state index in [2.05, 4.69) is 22.5 Å². The van der Waals surface area contributed by atoms with E-state index in [1.165, 1.54) is 5.56 Å². The summed E-state index contributed by atoms with van der Waals surface area (Å²) in [6, 6.07) is 14.9. The summed E-state index contributed by atoms with van der Waals surface area (Å²) in [7, 11) is 0. The Morgan fingerprint density at radius 2 is 1.72 bits per heavy atom. The molecule has 0 aliphatic carbocycles. The fourth-order valence-corrected chi connectivity index (χ4v) is 2.58. The lowest BCUT2D eigenvalue weighted by Crippen LogP contribution is -2.48. The Morgan fingerprint density at radius 3 is 2.32 bits per heavy atom. The molecule has 4 heteroatoms. The van der Waals surface area contributed by atoms with E-state index in [4.69, 9.17) is 11.6 Å². The van der Waals surface area contributed by atoms with E-state index >= 15 is 0 Å². The van der Waals surface area contributed by atoms with Gasteiger partial charge < -0.3 is 10.6 Å². The number of carbonyl (C=O) groups excluding carboxylic acids is 1. The maximum absolute atomic E-state index is 12.4. The number of urea groups is 1. The van der Waals surface area contributed by atoms with Crippen molar-refractivity contribution in [1.82, 2.24) is 5.32 Å². The molecule has 25 heavy (non-hydrogen) atoms. The van der Waals surface area contributed by atoms with E-state index in [0.717, 1.165) is 5.56 Å². The third-order valence-corrected chi connectivity index (χ3v) is 4.51. The molecular weight excluding hydrogens is 332 g/mol. The van der Waals surface area contributed by atoms with E-state index in [9.17, 15) is 4.79 Å². The minimum atomic E-state index is -0.587. The molecule has 0 aromatic heterocycles. The predicted molar refractivity (Wildman–Crippen MR) is 105 cm³/mol. The molecule has 0 aliphatic heterocycles. The zero-order valence-electron chi connectivity index (χ0n) is 14.8. The van der Waals surface area contributed by atoms with Crippen LogP contribution in [0, 0.1) is 18.8 Å². The average Bonchev–Trinajstić information content (AvgIpc) is 2.62. The lowest BCUT2D eigenvalue weighted by atomic mass is 9.93. The smallest absolute Gasteiger partial charge is 0.320 e. The largest absolute Gasteiger partial charge is 0.322 e. The van der Waals surface area contributed by atoms with Crippen LogP contribution in [0.4, 0.5) is 10.5 Å². The molecule has 130 valence electrons. The number of carbonyl (C=O) groups is 1. The Balaban J connectivity index is 2.15. The van der Waals surface area contributed by atoms with Gasteiger partial charge in [-0.1, -0.05) is 67.1 Å². The topological polar surface area (TPSA) is 41.1 Å². The van der Waals surface area contributed by atoms with E-state index < -0.39 is 5.54 Å². The van der Waals surface area contributed by atoms with Crippen molar-refractivity contribution in [3.05, 3.63) is 64.7 Å². The van der Waals surface area contributed by atoms with Crippen LogP contribution < -0.4 is 10.6 Å². The molecule has 0 radical (unpaired) electrons. The summed E-state index contributed by atoms with van der Waals surface area (Å²) in [6.45, 7) is 6.08. The molecule has 0 heterocycles. The Kier molecular flexibility index (Phi) is 6.50. The van der Waals surface area contributed by atoms with Gasteiger partial charge in [-0.25, -0.2) is 4.79 Å². The minimum absolute atomic E-state index is 0.310. The highest BCUT2D eigenvalue weighted by Gasteiger charge is 2.26. The Bertz CT molecular complexity index is 784. The van der Waals surface area contributed by atoms with Crippen molar-refractivity contribution < 1.29 is 4.79 Å². The van der Waals surface area contributed by atoms with Gasteiger partial charge in [0.25, 0.3) is 0 Å². The van der Waals surface area contributed by atoms with Crippen molar-refractivity contribution in [2.45, 2.75) is 39.2 Å². The number of hydrogen-bond donors (Lipinski definition) is 2. The maximum atomic E-state index is 12.4. The minimum Gasteiger partial charge on any atom is -0.322 e. The molecule has 2 aromatic rings. The van der Waals surface area contributed by atoms with Gasteiger partial charge in [0.15, 0.2) is 0 Å². The van der Waals surface area contributed by atoms with Gasteiger partial charge in [-0.15, -0.1) is 0 Å². The molecular formula is C21H23ClN2O. The summed E-state index contributed by atoms with van der Waals surface area (Å²) < 4.78 is 0. The quantitative estimate of drug-likeness (QED) is 0.711. The molecule has 2 rings (SSSR count). The van der Waals surface area contributed by atoms with Crippen LogP contribution in [0.15, 0.2) is 48.5 Å². The van der Waals surface area contributed by atoms with Gasteiger partial charge in [0.2, 0.25) is 0 Å². The Labute approximate surface area is 154 Å². The fourth-order valence-electron chi connectivity index (χ4n) is 2.40. The van der Waals surface area contributed by atoms with Gasteiger partial charge in [-0.05, 0) is 44.0 Å². The first-order chi connectivity index (χ1) is 12.0. The number of aryl methyl sites for hydroxylation is 1. The molecule has 2 N–H and O–H groups in total. The van der Waals surface area contributed by atoms with Gasteiger partial charge in [-0.2, -0.15) is 0 Å². The highest BCUT2D eigenvalue weighted by molar-refractivity contribution is 6.33. The molecule has 0 fully saturated rings. The standard InChI is InChI=1S/C21H23ClN2O/c1-4-21(5-2,15-14-17-12-10-16(3)11-13-17)24-20(25)23-19-9-7-6-8-18(19)22/h6-13H,4-5H2,1-3H3,(H2,23,24,25). The maximum Gasteiger partial charge on any atom is 0.320 e. The number of nitrogens with one attached hydrogen (secondary N) is 2. The monoisotopic (exact) mass is 354 g/mol.